The maximum absolute atomic E-state index is 13.1. The third-order valence-corrected chi connectivity index (χ3v) is 20.4. The average Bonchev–Trinajstić information content (AvgIpc) is 1.00. The first-order valence-corrected chi connectivity index (χ1v) is 44.0. The molecule has 19 heteroatoms. The Morgan fingerprint density at radius 1 is 0.276 bits per heavy atom. The zero-order chi connectivity index (χ0) is 72.1. The minimum atomic E-state index is -4.96. The Hall–Kier alpha value is -1.94. The smallest absolute Gasteiger partial charge is 0.462 e. The summed E-state index contributed by atoms with van der Waals surface area (Å²) in [5.74, 6) is -0.554. The van der Waals surface area contributed by atoms with E-state index in [-0.39, 0.29) is 25.7 Å². The van der Waals surface area contributed by atoms with Gasteiger partial charge < -0.3 is 33.8 Å². The fraction of sp³-hybridized carbons (Fsp3) is 0.949. The molecule has 0 aromatic carbocycles. The number of aliphatic hydroxyl groups is 1. The van der Waals surface area contributed by atoms with Crippen LogP contribution in [0.5, 0.6) is 0 Å². The van der Waals surface area contributed by atoms with Gasteiger partial charge in [0.2, 0.25) is 0 Å². The fourth-order valence-corrected chi connectivity index (χ4v) is 13.8. The van der Waals surface area contributed by atoms with Crippen molar-refractivity contribution in [2.24, 2.45) is 11.8 Å². The maximum atomic E-state index is 13.1. The molecular formula is C79H154O17P2. The van der Waals surface area contributed by atoms with Gasteiger partial charge in [-0.25, -0.2) is 9.13 Å². The van der Waals surface area contributed by atoms with Gasteiger partial charge in [-0.2, -0.15) is 0 Å². The number of esters is 4. The standard InChI is InChI=1S/C79H154O17P2/c1-7-9-11-13-15-17-19-21-27-31-38-44-50-56-62-77(82)90-67-74(95-78(83)63-57-51-45-39-32-28-24-22-23-26-29-35-41-47-53-59-71(3)4)69-93-97(85,86)91-65-73(80)66-92-98(87,88)94-70-75(96-79(84)64-58-52-46-40-34-33-36-42-48-54-60-72(5)6)68-89-76(81)61-55-49-43-37-30-25-20-18-16-14-12-10-8-2/h71-75,80H,7-70H2,1-6H3,(H,85,86)(H,87,88)/t73-,74-,75-/m1/s1. The van der Waals surface area contributed by atoms with Gasteiger partial charge in [0.15, 0.2) is 12.2 Å². The molecule has 3 N–H and O–H groups in total. The summed E-state index contributed by atoms with van der Waals surface area (Å²) >= 11 is 0. The molecule has 0 aromatic heterocycles. The number of carbonyl (C=O) groups is 4. The second-order valence-corrected chi connectivity index (χ2v) is 32.3. The highest BCUT2D eigenvalue weighted by Crippen LogP contribution is 2.45. The number of phosphoric ester groups is 2. The second kappa shape index (κ2) is 70.7. The van der Waals surface area contributed by atoms with Crippen LogP contribution in [0.4, 0.5) is 0 Å². The van der Waals surface area contributed by atoms with Crippen LogP contribution < -0.4 is 0 Å². The number of unbranched alkanes of at least 4 members (excludes halogenated alkanes) is 48. The minimum absolute atomic E-state index is 0.107. The van der Waals surface area contributed by atoms with E-state index in [2.05, 4.69) is 41.5 Å². The quantitative estimate of drug-likeness (QED) is 0.0222. The Balaban J connectivity index is 5.26. The van der Waals surface area contributed by atoms with Gasteiger partial charge >= 0.3 is 39.5 Å². The lowest BCUT2D eigenvalue weighted by atomic mass is 10.0. The molecular weight excluding hydrogens is 1280 g/mol. The van der Waals surface area contributed by atoms with Crippen molar-refractivity contribution in [3.8, 4) is 0 Å². The summed E-state index contributed by atoms with van der Waals surface area (Å²) in [6.07, 6.45) is 59.5. The van der Waals surface area contributed by atoms with Crippen LogP contribution in [-0.2, 0) is 65.4 Å². The van der Waals surface area contributed by atoms with Gasteiger partial charge in [-0.15, -0.1) is 0 Å². The largest absolute Gasteiger partial charge is 0.472 e. The summed E-state index contributed by atoms with van der Waals surface area (Å²) in [5.41, 5.74) is 0. The molecule has 0 aliphatic rings. The van der Waals surface area contributed by atoms with E-state index < -0.39 is 97.5 Å². The normalized spacial score (nSPS) is 13.9. The van der Waals surface area contributed by atoms with Gasteiger partial charge in [0.05, 0.1) is 26.4 Å². The van der Waals surface area contributed by atoms with Crippen molar-refractivity contribution in [3.05, 3.63) is 0 Å². The van der Waals surface area contributed by atoms with E-state index in [0.29, 0.717) is 25.7 Å². The molecule has 0 heterocycles. The lowest BCUT2D eigenvalue weighted by Crippen LogP contribution is -2.30. The molecule has 0 aliphatic carbocycles. The van der Waals surface area contributed by atoms with E-state index in [9.17, 15) is 43.2 Å². The molecule has 0 spiro atoms. The van der Waals surface area contributed by atoms with Gasteiger partial charge in [0.1, 0.15) is 19.3 Å². The Kier molecular flexibility index (Phi) is 69.3. The first-order chi connectivity index (χ1) is 47.4. The van der Waals surface area contributed by atoms with Crippen LogP contribution in [0.25, 0.3) is 0 Å². The monoisotopic (exact) mass is 1440 g/mol. The number of ether oxygens (including phenoxy) is 4. The van der Waals surface area contributed by atoms with E-state index in [1.165, 1.54) is 231 Å². The van der Waals surface area contributed by atoms with Crippen molar-refractivity contribution in [1.29, 1.82) is 0 Å². The molecule has 0 amide bonds. The van der Waals surface area contributed by atoms with Gasteiger partial charge in [0, 0.05) is 25.7 Å². The molecule has 0 bridgehead atoms. The molecule has 5 atom stereocenters. The van der Waals surface area contributed by atoms with Gasteiger partial charge in [-0.05, 0) is 37.5 Å². The van der Waals surface area contributed by atoms with E-state index in [1.54, 1.807) is 0 Å². The number of rotatable bonds is 78. The lowest BCUT2D eigenvalue weighted by Gasteiger charge is -2.21. The Bertz CT molecular complexity index is 1890. The lowest BCUT2D eigenvalue weighted by molar-refractivity contribution is -0.161. The Morgan fingerprint density at radius 3 is 0.694 bits per heavy atom. The van der Waals surface area contributed by atoms with Crippen molar-refractivity contribution < 1.29 is 80.2 Å². The van der Waals surface area contributed by atoms with Gasteiger partial charge in [0.25, 0.3) is 0 Å². The molecule has 2 unspecified atom stereocenters. The number of hydrogen-bond acceptors (Lipinski definition) is 15. The Morgan fingerprint density at radius 2 is 0.469 bits per heavy atom. The zero-order valence-electron chi connectivity index (χ0n) is 64.1. The van der Waals surface area contributed by atoms with Crippen LogP contribution in [-0.4, -0.2) is 96.7 Å². The SMILES string of the molecule is CCCCCCCCCCCCCCCCC(=O)OC[C@H](COP(=O)(O)OC[C@@H](O)COP(=O)(O)OC[C@@H](COC(=O)CCCCCCCCCCCCCCC)OC(=O)CCCCCCCCCCCCC(C)C)OC(=O)CCCCCCCCCCCCCCCCCC(C)C. The van der Waals surface area contributed by atoms with Crippen LogP contribution in [0.2, 0.25) is 0 Å². The summed E-state index contributed by atoms with van der Waals surface area (Å²) < 4.78 is 68.7. The average molecular weight is 1440 g/mol. The third kappa shape index (κ3) is 72.4. The van der Waals surface area contributed by atoms with Crippen LogP contribution >= 0.6 is 15.6 Å². The molecule has 0 aliphatic heterocycles. The maximum Gasteiger partial charge on any atom is 0.472 e. The predicted octanol–water partition coefficient (Wildman–Crippen LogP) is 23.5. The number of carbonyl (C=O) groups excluding carboxylic acids is 4. The minimum Gasteiger partial charge on any atom is -0.462 e. The highest BCUT2D eigenvalue weighted by atomic mass is 31.2. The van der Waals surface area contributed by atoms with Crippen molar-refractivity contribution in [2.45, 2.75) is 432 Å². The van der Waals surface area contributed by atoms with E-state index in [1.807, 2.05) is 0 Å². The molecule has 0 rings (SSSR count). The first kappa shape index (κ1) is 96.1. The van der Waals surface area contributed by atoms with Gasteiger partial charge in [-0.1, -0.05) is 363 Å². The first-order valence-electron chi connectivity index (χ1n) is 41.0. The summed E-state index contributed by atoms with van der Waals surface area (Å²) in [5, 5.41) is 10.6. The number of aliphatic hydroxyl groups excluding tert-OH is 1. The van der Waals surface area contributed by atoms with Crippen LogP contribution in [0.3, 0.4) is 0 Å². The Labute approximate surface area is 600 Å². The van der Waals surface area contributed by atoms with Crippen molar-refractivity contribution in [3.63, 3.8) is 0 Å². The summed E-state index contributed by atoms with van der Waals surface area (Å²) in [4.78, 5) is 73.0. The fourth-order valence-electron chi connectivity index (χ4n) is 12.2. The van der Waals surface area contributed by atoms with Gasteiger partial charge in [-0.3, -0.25) is 37.3 Å². The molecule has 0 aromatic rings. The zero-order valence-corrected chi connectivity index (χ0v) is 65.9. The molecule has 17 nitrogen and oxygen atoms in total. The summed E-state index contributed by atoms with van der Waals surface area (Å²) in [6, 6.07) is 0. The molecule has 582 valence electrons. The molecule has 98 heavy (non-hydrogen) atoms. The predicted molar refractivity (Wildman–Crippen MR) is 400 cm³/mol. The number of hydrogen-bond donors (Lipinski definition) is 3. The van der Waals surface area contributed by atoms with Crippen LogP contribution in [0.15, 0.2) is 0 Å². The third-order valence-electron chi connectivity index (χ3n) is 18.5. The topological polar surface area (TPSA) is 237 Å². The van der Waals surface area contributed by atoms with Crippen molar-refractivity contribution in [2.75, 3.05) is 39.6 Å². The summed E-state index contributed by atoms with van der Waals surface area (Å²) in [7, 11) is -9.92. The summed E-state index contributed by atoms with van der Waals surface area (Å²) in [6.45, 7) is 9.65. The van der Waals surface area contributed by atoms with E-state index in [4.69, 9.17) is 37.0 Å². The van der Waals surface area contributed by atoms with E-state index in [0.717, 1.165) is 102 Å². The van der Waals surface area contributed by atoms with Crippen LogP contribution in [0, 0.1) is 11.8 Å². The molecule has 0 fully saturated rings. The van der Waals surface area contributed by atoms with E-state index >= 15 is 0 Å². The molecule has 0 saturated heterocycles. The van der Waals surface area contributed by atoms with Crippen molar-refractivity contribution in [1.82, 2.24) is 0 Å². The highest BCUT2D eigenvalue weighted by molar-refractivity contribution is 7.47. The highest BCUT2D eigenvalue weighted by Gasteiger charge is 2.30. The number of phosphoric acid groups is 2. The second-order valence-electron chi connectivity index (χ2n) is 29.4. The molecule has 0 radical (unpaired) electrons. The van der Waals surface area contributed by atoms with Crippen molar-refractivity contribution >= 4 is 39.5 Å². The molecule has 0 saturated carbocycles. The van der Waals surface area contributed by atoms with Crippen LogP contribution in [0.1, 0.15) is 414 Å².